The van der Waals surface area contributed by atoms with Crippen LogP contribution in [0.3, 0.4) is 0 Å². The van der Waals surface area contributed by atoms with Crippen LogP contribution in [0.5, 0.6) is 0 Å². The summed E-state index contributed by atoms with van der Waals surface area (Å²) in [5.74, 6) is 0. The lowest BCUT2D eigenvalue weighted by molar-refractivity contribution is -0.385. The minimum atomic E-state index is -0.445. The van der Waals surface area contributed by atoms with E-state index in [2.05, 4.69) is 11.6 Å². The fraction of sp³-hybridized carbons (Fsp3) is 0.125. The number of hydrogen-bond acceptors (Lipinski definition) is 3. The normalized spacial score (nSPS) is 9.42. The Kier molecular flexibility index (Phi) is 2.19. The van der Waals surface area contributed by atoms with E-state index in [1.54, 1.807) is 13.0 Å². The number of aryl methyl sites for hydroxylation is 1. The van der Waals surface area contributed by atoms with Crippen molar-refractivity contribution in [1.29, 1.82) is 0 Å². The highest BCUT2D eigenvalue weighted by Crippen LogP contribution is 2.21. The molecule has 0 fully saturated rings. The van der Waals surface area contributed by atoms with Gasteiger partial charge in [0.25, 0.3) is 5.69 Å². The number of hydrogen-bond donors (Lipinski definition) is 0. The number of pyridine rings is 1. The van der Waals surface area contributed by atoms with Crippen LogP contribution in [-0.2, 0) is 0 Å². The van der Waals surface area contributed by atoms with Gasteiger partial charge in [-0.05, 0) is 19.1 Å². The second kappa shape index (κ2) is 3.13. The third-order valence-corrected chi connectivity index (χ3v) is 1.53. The van der Waals surface area contributed by atoms with Gasteiger partial charge in [-0.2, -0.15) is 0 Å². The van der Waals surface area contributed by atoms with Crippen LogP contribution in [0.2, 0.25) is 0 Å². The van der Waals surface area contributed by atoms with Gasteiger partial charge in [0.05, 0.1) is 4.92 Å². The average Bonchev–Trinajstić information content (AvgIpc) is 2.03. The van der Waals surface area contributed by atoms with Crippen molar-refractivity contribution in [1.82, 2.24) is 4.98 Å². The highest BCUT2D eigenvalue weighted by atomic mass is 16.6. The summed E-state index contributed by atoms with van der Waals surface area (Å²) < 4.78 is 0. The van der Waals surface area contributed by atoms with Crippen LogP contribution >= 0.6 is 0 Å². The van der Waals surface area contributed by atoms with Crippen molar-refractivity contribution in [2.75, 3.05) is 0 Å². The first kappa shape index (κ1) is 8.39. The quantitative estimate of drug-likeness (QED) is 0.495. The minimum absolute atomic E-state index is 0.0347. The molecule has 0 aromatic carbocycles. The topological polar surface area (TPSA) is 56.0 Å². The highest BCUT2D eigenvalue weighted by molar-refractivity contribution is 5.58. The van der Waals surface area contributed by atoms with Crippen molar-refractivity contribution >= 4 is 11.8 Å². The lowest BCUT2D eigenvalue weighted by Gasteiger charge is -1.98. The molecule has 12 heavy (non-hydrogen) atoms. The zero-order valence-electron chi connectivity index (χ0n) is 6.65. The zero-order valence-corrected chi connectivity index (χ0v) is 6.65. The van der Waals surface area contributed by atoms with E-state index < -0.39 is 4.92 Å². The molecule has 62 valence electrons. The molecule has 1 aromatic heterocycles. The molecule has 1 heterocycles. The first-order chi connectivity index (χ1) is 5.66. The Bertz CT molecular complexity index is 334. The van der Waals surface area contributed by atoms with Crippen molar-refractivity contribution in [3.8, 4) is 0 Å². The number of nitrogens with zero attached hydrogens (tertiary/aromatic N) is 2. The third kappa shape index (κ3) is 1.32. The van der Waals surface area contributed by atoms with E-state index >= 15 is 0 Å². The average molecular weight is 164 g/mol. The van der Waals surface area contributed by atoms with Gasteiger partial charge in [-0.25, -0.2) is 4.98 Å². The lowest BCUT2D eigenvalue weighted by atomic mass is 10.2. The SMILES string of the molecule is C=Cc1nccc(C)c1[N+](=O)[O-]. The van der Waals surface area contributed by atoms with Gasteiger partial charge >= 0.3 is 0 Å². The summed E-state index contributed by atoms with van der Waals surface area (Å²) in [5.41, 5.74) is 0.956. The second-order valence-corrected chi connectivity index (χ2v) is 2.32. The standard InChI is InChI=1S/C8H8N2O2/c1-3-7-8(10(11)12)6(2)4-5-9-7/h3-5H,1H2,2H3. The number of aromatic nitrogens is 1. The summed E-state index contributed by atoms with van der Waals surface area (Å²) >= 11 is 0. The molecular weight excluding hydrogens is 156 g/mol. The fourth-order valence-electron chi connectivity index (χ4n) is 0.958. The Morgan fingerprint density at radius 2 is 2.42 bits per heavy atom. The summed E-state index contributed by atoms with van der Waals surface area (Å²) in [6.07, 6.45) is 2.91. The largest absolute Gasteiger partial charge is 0.297 e. The van der Waals surface area contributed by atoms with Gasteiger partial charge < -0.3 is 0 Å². The van der Waals surface area contributed by atoms with E-state index in [9.17, 15) is 10.1 Å². The lowest BCUT2D eigenvalue weighted by Crippen LogP contribution is -1.96. The molecule has 0 atom stereocenters. The molecule has 4 nitrogen and oxygen atoms in total. The van der Waals surface area contributed by atoms with Gasteiger partial charge in [-0.15, -0.1) is 0 Å². The summed E-state index contributed by atoms with van der Waals surface area (Å²) in [5, 5.41) is 10.5. The van der Waals surface area contributed by atoms with Crippen LogP contribution < -0.4 is 0 Å². The molecule has 0 aliphatic heterocycles. The summed E-state index contributed by atoms with van der Waals surface area (Å²) in [6, 6.07) is 1.60. The van der Waals surface area contributed by atoms with Crippen molar-refractivity contribution in [3.63, 3.8) is 0 Å². The monoisotopic (exact) mass is 164 g/mol. The summed E-state index contributed by atoms with van der Waals surface area (Å²) in [4.78, 5) is 13.9. The molecular formula is C8H8N2O2. The third-order valence-electron chi connectivity index (χ3n) is 1.53. The van der Waals surface area contributed by atoms with Crippen molar-refractivity contribution < 1.29 is 4.92 Å². The molecule has 0 unspecified atom stereocenters. The van der Waals surface area contributed by atoms with E-state index in [-0.39, 0.29) is 5.69 Å². The maximum absolute atomic E-state index is 10.5. The first-order valence-electron chi connectivity index (χ1n) is 3.39. The maximum Gasteiger partial charge on any atom is 0.297 e. The van der Waals surface area contributed by atoms with E-state index in [4.69, 9.17) is 0 Å². The smallest absolute Gasteiger partial charge is 0.258 e. The Labute approximate surface area is 69.7 Å². The van der Waals surface area contributed by atoms with E-state index in [1.165, 1.54) is 12.3 Å². The molecule has 0 aliphatic carbocycles. The van der Waals surface area contributed by atoms with E-state index in [0.717, 1.165) is 0 Å². The molecule has 0 saturated carbocycles. The molecule has 0 N–H and O–H groups in total. The second-order valence-electron chi connectivity index (χ2n) is 2.32. The molecule has 0 aliphatic rings. The zero-order chi connectivity index (χ0) is 9.14. The van der Waals surface area contributed by atoms with Crippen LogP contribution in [-0.4, -0.2) is 9.91 Å². The Balaban J connectivity index is 3.39. The predicted octanol–water partition coefficient (Wildman–Crippen LogP) is 1.94. The van der Waals surface area contributed by atoms with Crippen molar-refractivity contribution in [3.05, 3.63) is 40.2 Å². The maximum atomic E-state index is 10.5. The summed E-state index contributed by atoms with van der Waals surface area (Å²) in [6.45, 7) is 5.12. The van der Waals surface area contributed by atoms with E-state index in [0.29, 0.717) is 11.3 Å². The van der Waals surface area contributed by atoms with Gasteiger partial charge in [0.2, 0.25) is 0 Å². The van der Waals surface area contributed by atoms with Gasteiger partial charge in [0.15, 0.2) is 0 Å². The van der Waals surface area contributed by atoms with Gasteiger partial charge in [0, 0.05) is 11.8 Å². The molecule has 1 aromatic rings. The van der Waals surface area contributed by atoms with Crippen LogP contribution in [0.4, 0.5) is 5.69 Å². The molecule has 0 saturated heterocycles. The number of rotatable bonds is 2. The Hall–Kier alpha value is -1.71. The van der Waals surface area contributed by atoms with Crippen LogP contribution in [0.25, 0.3) is 6.08 Å². The fourth-order valence-corrected chi connectivity index (χ4v) is 0.958. The minimum Gasteiger partial charge on any atom is -0.258 e. The summed E-state index contributed by atoms with van der Waals surface area (Å²) in [7, 11) is 0. The Morgan fingerprint density at radius 1 is 1.75 bits per heavy atom. The van der Waals surface area contributed by atoms with Crippen LogP contribution in [0, 0.1) is 17.0 Å². The van der Waals surface area contributed by atoms with Crippen LogP contribution in [0.1, 0.15) is 11.3 Å². The van der Waals surface area contributed by atoms with Crippen LogP contribution in [0.15, 0.2) is 18.8 Å². The molecule has 0 amide bonds. The molecule has 4 heteroatoms. The van der Waals surface area contributed by atoms with Gasteiger partial charge in [0.1, 0.15) is 5.69 Å². The van der Waals surface area contributed by atoms with E-state index in [1.807, 2.05) is 0 Å². The molecule has 0 bridgehead atoms. The van der Waals surface area contributed by atoms with Gasteiger partial charge in [-0.3, -0.25) is 10.1 Å². The Morgan fingerprint density at radius 3 is 2.83 bits per heavy atom. The number of nitro groups is 1. The molecule has 0 spiro atoms. The molecule has 1 rings (SSSR count). The van der Waals surface area contributed by atoms with Gasteiger partial charge in [-0.1, -0.05) is 6.58 Å². The highest BCUT2D eigenvalue weighted by Gasteiger charge is 2.14. The van der Waals surface area contributed by atoms with Crippen molar-refractivity contribution in [2.45, 2.75) is 6.92 Å². The predicted molar refractivity (Wildman–Crippen MR) is 45.7 cm³/mol. The van der Waals surface area contributed by atoms with Crippen molar-refractivity contribution in [2.24, 2.45) is 0 Å². The molecule has 0 radical (unpaired) electrons. The first-order valence-corrected chi connectivity index (χ1v) is 3.39.